The van der Waals surface area contributed by atoms with E-state index in [1.54, 1.807) is 0 Å². The van der Waals surface area contributed by atoms with Gasteiger partial charge < -0.3 is 9.67 Å². The van der Waals surface area contributed by atoms with Crippen LogP contribution in [0.1, 0.15) is 54.0 Å². The summed E-state index contributed by atoms with van der Waals surface area (Å²) in [6.07, 6.45) is 0.994. The normalized spacial score (nSPS) is 15.5. The van der Waals surface area contributed by atoms with Gasteiger partial charge in [-0.2, -0.15) is 0 Å². The lowest BCUT2D eigenvalue weighted by Gasteiger charge is -2.27. The van der Waals surface area contributed by atoms with Crippen LogP contribution in [-0.2, 0) is 13.0 Å². The summed E-state index contributed by atoms with van der Waals surface area (Å²) in [6.45, 7) is 11.3. The molecule has 0 amide bonds. The third-order valence-electron chi connectivity index (χ3n) is 4.82. The minimum Gasteiger partial charge on any atom is -0.478 e. The summed E-state index contributed by atoms with van der Waals surface area (Å²) in [5.41, 5.74) is 4.85. The Balaban J connectivity index is 2.38. The van der Waals surface area contributed by atoms with Crippen LogP contribution in [0.2, 0.25) is 0 Å². The minimum atomic E-state index is -0.827. The number of rotatable bonds is 3. The number of nitrogens with zero attached hydrogens (tertiary/aromatic N) is 2. The van der Waals surface area contributed by atoms with E-state index in [9.17, 15) is 9.90 Å². The Hall–Kier alpha value is -1.81. The Morgan fingerprint density at radius 1 is 1.36 bits per heavy atom. The van der Waals surface area contributed by atoms with Gasteiger partial charge in [0.15, 0.2) is 0 Å². The standard InChI is InChI=1S/C18H24N2O2/c1-5-19-9-8-15-14(10-19)13-7-6-12(4)16(18(21)22)17(13)20(15)11(2)3/h6-7,11H,5,8-10H2,1-4H3,(H,21,22). The highest BCUT2D eigenvalue weighted by molar-refractivity contribution is 6.05. The van der Waals surface area contributed by atoms with Gasteiger partial charge in [-0.05, 0) is 38.4 Å². The first-order valence-corrected chi connectivity index (χ1v) is 8.06. The molecule has 1 N–H and O–H groups in total. The van der Waals surface area contributed by atoms with Crippen LogP contribution in [0.3, 0.4) is 0 Å². The first kappa shape index (κ1) is 15.1. The molecule has 0 radical (unpaired) electrons. The zero-order valence-corrected chi connectivity index (χ0v) is 13.8. The van der Waals surface area contributed by atoms with Crippen LogP contribution in [0.4, 0.5) is 0 Å². The molecule has 0 saturated heterocycles. The summed E-state index contributed by atoms with van der Waals surface area (Å²) in [6, 6.07) is 4.31. The number of fused-ring (bicyclic) bond motifs is 3. The summed E-state index contributed by atoms with van der Waals surface area (Å²) in [5.74, 6) is -0.827. The molecule has 2 heterocycles. The topological polar surface area (TPSA) is 45.5 Å². The van der Waals surface area contributed by atoms with Gasteiger partial charge in [0, 0.05) is 36.6 Å². The van der Waals surface area contributed by atoms with Crippen LogP contribution >= 0.6 is 0 Å². The van der Waals surface area contributed by atoms with Crippen molar-refractivity contribution in [1.82, 2.24) is 9.47 Å². The fraction of sp³-hybridized carbons (Fsp3) is 0.500. The van der Waals surface area contributed by atoms with Crippen molar-refractivity contribution in [2.24, 2.45) is 0 Å². The van der Waals surface area contributed by atoms with Crippen molar-refractivity contribution < 1.29 is 9.90 Å². The molecule has 0 unspecified atom stereocenters. The van der Waals surface area contributed by atoms with Gasteiger partial charge in [-0.25, -0.2) is 4.79 Å². The number of hydrogen-bond donors (Lipinski definition) is 1. The second-order valence-electron chi connectivity index (χ2n) is 6.47. The predicted octanol–water partition coefficient (Wildman–Crippen LogP) is 3.61. The van der Waals surface area contributed by atoms with Gasteiger partial charge in [-0.1, -0.05) is 19.1 Å². The van der Waals surface area contributed by atoms with Gasteiger partial charge in [-0.3, -0.25) is 4.90 Å². The van der Waals surface area contributed by atoms with E-state index in [-0.39, 0.29) is 6.04 Å². The van der Waals surface area contributed by atoms with Crippen LogP contribution in [0.5, 0.6) is 0 Å². The molecule has 2 aromatic rings. The minimum absolute atomic E-state index is 0.263. The Bertz CT molecular complexity index is 743. The van der Waals surface area contributed by atoms with Crippen molar-refractivity contribution in [3.63, 3.8) is 0 Å². The number of aromatic nitrogens is 1. The van der Waals surface area contributed by atoms with E-state index in [1.807, 2.05) is 13.0 Å². The number of carbonyl (C=O) groups is 1. The summed E-state index contributed by atoms with van der Waals surface area (Å²) in [5, 5.41) is 10.8. The first-order valence-electron chi connectivity index (χ1n) is 8.06. The third kappa shape index (κ3) is 2.13. The highest BCUT2D eigenvalue weighted by atomic mass is 16.4. The lowest BCUT2D eigenvalue weighted by atomic mass is 10.0. The van der Waals surface area contributed by atoms with E-state index in [1.165, 1.54) is 11.3 Å². The first-order chi connectivity index (χ1) is 10.5. The molecular weight excluding hydrogens is 276 g/mol. The molecule has 1 aromatic heterocycles. The number of benzene rings is 1. The van der Waals surface area contributed by atoms with Crippen LogP contribution in [-0.4, -0.2) is 33.6 Å². The maximum atomic E-state index is 11.8. The predicted molar refractivity (Wildman–Crippen MR) is 88.7 cm³/mol. The Labute approximate surface area is 131 Å². The van der Waals surface area contributed by atoms with Crippen LogP contribution in [0.15, 0.2) is 12.1 Å². The maximum absolute atomic E-state index is 11.8. The van der Waals surface area contributed by atoms with Crippen LogP contribution in [0, 0.1) is 6.92 Å². The van der Waals surface area contributed by atoms with E-state index in [4.69, 9.17) is 0 Å². The average Bonchev–Trinajstić information content (AvgIpc) is 2.79. The molecule has 0 aliphatic carbocycles. The Morgan fingerprint density at radius 2 is 2.09 bits per heavy atom. The van der Waals surface area contributed by atoms with E-state index < -0.39 is 5.97 Å². The molecule has 1 aliphatic rings. The molecule has 3 rings (SSSR count). The van der Waals surface area contributed by atoms with E-state index in [0.29, 0.717) is 5.56 Å². The average molecular weight is 300 g/mol. The van der Waals surface area contributed by atoms with Crippen molar-refractivity contribution in [2.45, 2.75) is 46.7 Å². The number of carboxylic acids is 1. The zero-order chi connectivity index (χ0) is 16.0. The Kier molecular flexibility index (Phi) is 3.73. The van der Waals surface area contributed by atoms with Gasteiger partial charge in [0.1, 0.15) is 0 Å². The zero-order valence-electron chi connectivity index (χ0n) is 13.8. The summed E-state index contributed by atoms with van der Waals surface area (Å²) in [7, 11) is 0. The number of aryl methyl sites for hydroxylation is 1. The second kappa shape index (κ2) is 5.43. The molecule has 1 aromatic carbocycles. The van der Waals surface area contributed by atoms with E-state index >= 15 is 0 Å². The van der Waals surface area contributed by atoms with Gasteiger partial charge in [-0.15, -0.1) is 0 Å². The lowest BCUT2D eigenvalue weighted by Crippen LogP contribution is -2.31. The van der Waals surface area contributed by atoms with Crippen molar-refractivity contribution in [3.05, 3.63) is 34.5 Å². The highest BCUT2D eigenvalue weighted by Crippen LogP contribution is 2.36. The summed E-state index contributed by atoms with van der Waals surface area (Å²) in [4.78, 5) is 14.2. The van der Waals surface area contributed by atoms with Crippen LogP contribution in [0.25, 0.3) is 10.9 Å². The lowest BCUT2D eigenvalue weighted by molar-refractivity contribution is 0.0698. The van der Waals surface area contributed by atoms with Gasteiger partial charge in [0.25, 0.3) is 0 Å². The quantitative estimate of drug-likeness (QED) is 0.942. The molecule has 1 aliphatic heterocycles. The van der Waals surface area contributed by atoms with Crippen molar-refractivity contribution in [1.29, 1.82) is 0 Å². The van der Waals surface area contributed by atoms with Crippen molar-refractivity contribution in [2.75, 3.05) is 13.1 Å². The fourth-order valence-corrected chi connectivity index (χ4v) is 3.75. The number of aromatic carboxylic acids is 1. The molecule has 4 heteroatoms. The summed E-state index contributed by atoms with van der Waals surface area (Å²) >= 11 is 0. The number of carboxylic acid groups (broad SMARTS) is 1. The van der Waals surface area contributed by atoms with E-state index in [0.717, 1.165) is 42.5 Å². The second-order valence-corrected chi connectivity index (χ2v) is 6.47. The SMILES string of the molecule is CCN1CCc2c(c3ccc(C)c(C(=O)O)c3n2C(C)C)C1. The van der Waals surface area contributed by atoms with Gasteiger partial charge in [0.05, 0.1) is 11.1 Å². The molecule has 22 heavy (non-hydrogen) atoms. The highest BCUT2D eigenvalue weighted by Gasteiger charge is 2.27. The molecule has 118 valence electrons. The molecule has 0 saturated carbocycles. The number of hydrogen-bond acceptors (Lipinski definition) is 2. The van der Waals surface area contributed by atoms with Crippen molar-refractivity contribution in [3.8, 4) is 0 Å². The Morgan fingerprint density at radius 3 is 2.68 bits per heavy atom. The third-order valence-corrected chi connectivity index (χ3v) is 4.82. The molecular formula is C18H24N2O2. The van der Waals surface area contributed by atoms with Crippen molar-refractivity contribution >= 4 is 16.9 Å². The summed E-state index contributed by atoms with van der Waals surface area (Å²) < 4.78 is 2.26. The van der Waals surface area contributed by atoms with E-state index in [2.05, 4.69) is 36.3 Å². The largest absolute Gasteiger partial charge is 0.478 e. The molecule has 0 bridgehead atoms. The molecule has 0 atom stereocenters. The van der Waals surface area contributed by atoms with Gasteiger partial charge in [0.2, 0.25) is 0 Å². The van der Waals surface area contributed by atoms with Crippen LogP contribution < -0.4 is 0 Å². The molecule has 0 fully saturated rings. The fourth-order valence-electron chi connectivity index (χ4n) is 3.75. The monoisotopic (exact) mass is 300 g/mol. The number of likely N-dealkylation sites (N-methyl/N-ethyl adjacent to an activating group) is 1. The molecule has 4 nitrogen and oxygen atoms in total. The smallest absolute Gasteiger partial charge is 0.338 e. The molecule has 0 spiro atoms. The maximum Gasteiger partial charge on any atom is 0.338 e. The van der Waals surface area contributed by atoms with Gasteiger partial charge >= 0.3 is 5.97 Å².